The molecule has 1 amide bonds. The van der Waals surface area contributed by atoms with Crippen molar-refractivity contribution < 1.29 is 13.6 Å². The molecular weight excluding hydrogens is 262 g/mol. The highest BCUT2D eigenvalue weighted by molar-refractivity contribution is 5.78. The summed E-state index contributed by atoms with van der Waals surface area (Å²) in [5.74, 6) is -1.09. The van der Waals surface area contributed by atoms with Crippen LogP contribution in [0.1, 0.15) is 25.3 Å². The molecule has 1 aliphatic heterocycles. The van der Waals surface area contributed by atoms with E-state index in [-0.39, 0.29) is 11.8 Å². The van der Waals surface area contributed by atoms with Crippen LogP contribution in [0, 0.1) is 17.6 Å². The summed E-state index contributed by atoms with van der Waals surface area (Å²) in [4.78, 5) is 12.0. The van der Waals surface area contributed by atoms with Gasteiger partial charge in [-0.15, -0.1) is 0 Å². The van der Waals surface area contributed by atoms with E-state index in [1.807, 2.05) is 0 Å². The fourth-order valence-corrected chi connectivity index (χ4v) is 2.60. The van der Waals surface area contributed by atoms with Crippen molar-refractivity contribution in [3.05, 3.63) is 35.4 Å². The lowest BCUT2D eigenvalue weighted by atomic mass is 9.92. The first-order chi connectivity index (χ1) is 9.54. The Bertz CT molecular complexity index is 459. The maximum atomic E-state index is 13.0. The van der Waals surface area contributed by atoms with Crippen molar-refractivity contribution in [2.24, 2.45) is 5.92 Å². The molecule has 0 radical (unpaired) electrons. The van der Waals surface area contributed by atoms with Crippen LogP contribution in [0.2, 0.25) is 0 Å². The molecule has 5 heteroatoms. The summed E-state index contributed by atoms with van der Waals surface area (Å²) in [6, 6.07) is 3.79. The van der Waals surface area contributed by atoms with Crippen molar-refractivity contribution in [1.29, 1.82) is 0 Å². The van der Waals surface area contributed by atoms with E-state index in [1.54, 1.807) is 0 Å². The van der Waals surface area contributed by atoms with Gasteiger partial charge in [-0.25, -0.2) is 8.78 Å². The molecule has 0 saturated carbocycles. The highest BCUT2D eigenvalue weighted by atomic mass is 19.1. The van der Waals surface area contributed by atoms with Crippen LogP contribution in [-0.4, -0.2) is 25.0 Å². The van der Waals surface area contributed by atoms with E-state index in [0.717, 1.165) is 25.5 Å². The van der Waals surface area contributed by atoms with Crippen molar-refractivity contribution >= 4 is 5.91 Å². The molecule has 2 atom stereocenters. The van der Waals surface area contributed by atoms with Crippen LogP contribution in [0.3, 0.4) is 0 Å². The van der Waals surface area contributed by atoms with Gasteiger partial charge >= 0.3 is 0 Å². The molecule has 0 bridgehead atoms. The number of hydrogen-bond donors (Lipinski definition) is 2. The number of piperidine rings is 1. The largest absolute Gasteiger partial charge is 0.356 e. The third-order valence-corrected chi connectivity index (χ3v) is 3.63. The molecule has 0 aliphatic carbocycles. The van der Waals surface area contributed by atoms with E-state index in [0.29, 0.717) is 24.6 Å². The second-order valence-corrected chi connectivity index (χ2v) is 5.40. The summed E-state index contributed by atoms with van der Waals surface area (Å²) in [6.07, 6.45) is 2.10. The topological polar surface area (TPSA) is 41.1 Å². The van der Waals surface area contributed by atoms with E-state index in [2.05, 4.69) is 17.6 Å². The van der Waals surface area contributed by atoms with Crippen molar-refractivity contribution in [1.82, 2.24) is 10.6 Å². The van der Waals surface area contributed by atoms with Gasteiger partial charge in [0.15, 0.2) is 0 Å². The highest BCUT2D eigenvalue weighted by Crippen LogP contribution is 2.16. The summed E-state index contributed by atoms with van der Waals surface area (Å²) in [5.41, 5.74) is 0.557. The van der Waals surface area contributed by atoms with Crippen molar-refractivity contribution in [3.8, 4) is 0 Å². The van der Waals surface area contributed by atoms with Crippen LogP contribution < -0.4 is 10.6 Å². The predicted molar refractivity (Wildman–Crippen MR) is 73.3 cm³/mol. The van der Waals surface area contributed by atoms with E-state index >= 15 is 0 Å². The first kappa shape index (κ1) is 14.9. The van der Waals surface area contributed by atoms with E-state index in [1.165, 1.54) is 12.1 Å². The van der Waals surface area contributed by atoms with Gasteiger partial charge < -0.3 is 10.6 Å². The SMILES string of the molecule is CC1CC(C(=O)NCCc2cc(F)cc(F)c2)CCN1. The maximum absolute atomic E-state index is 13.0. The fraction of sp³-hybridized carbons (Fsp3) is 0.533. The fourth-order valence-electron chi connectivity index (χ4n) is 2.60. The van der Waals surface area contributed by atoms with Gasteiger partial charge in [-0.3, -0.25) is 4.79 Å². The van der Waals surface area contributed by atoms with Gasteiger partial charge in [0.05, 0.1) is 0 Å². The maximum Gasteiger partial charge on any atom is 0.223 e. The smallest absolute Gasteiger partial charge is 0.223 e. The molecule has 0 aromatic heterocycles. The van der Waals surface area contributed by atoms with Gasteiger partial charge in [0.2, 0.25) is 5.91 Å². The van der Waals surface area contributed by atoms with Crippen LogP contribution in [-0.2, 0) is 11.2 Å². The lowest BCUT2D eigenvalue weighted by Gasteiger charge is -2.27. The average molecular weight is 282 g/mol. The quantitative estimate of drug-likeness (QED) is 0.887. The molecule has 2 unspecified atom stereocenters. The summed E-state index contributed by atoms with van der Waals surface area (Å²) in [6.45, 7) is 3.32. The lowest BCUT2D eigenvalue weighted by Crippen LogP contribution is -2.42. The molecular formula is C15H20F2N2O. The Morgan fingerprint density at radius 2 is 2.05 bits per heavy atom. The number of rotatable bonds is 4. The first-order valence-corrected chi connectivity index (χ1v) is 7.00. The van der Waals surface area contributed by atoms with E-state index in [4.69, 9.17) is 0 Å². The number of amides is 1. The molecule has 2 N–H and O–H groups in total. The van der Waals surface area contributed by atoms with Crippen LogP contribution in [0.4, 0.5) is 8.78 Å². The summed E-state index contributed by atoms with van der Waals surface area (Å²) in [5, 5.41) is 6.15. The van der Waals surface area contributed by atoms with E-state index < -0.39 is 11.6 Å². The molecule has 1 saturated heterocycles. The van der Waals surface area contributed by atoms with Gasteiger partial charge in [-0.05, 0) is 50.4 Å². The Kier molecular flexibility index (Phi) is 5.06. The first-order valence-electron chi connectivity index (χ1n) is 7.00. The Morgan fingerprint density at radius 1 is 1.35 bits per heavy atom. The van der Waals surface area contributed by atoms with Gasteiger partial charge in [0.25, 0.3) is 0 Å². The van der Waals surface area contributed by atoms with Gasteiger partial charge in [0.1, 0.15) is 11.6 Å². The average Bonchev–Trinajstić information content (AvgIpc) is 2.37. The summed E-state index contributed by atoms with van der Waals surface area (Å²) >= 11 is 0. The monoisotopic (exact) mass is 282 g/mol. The standard InChI is InChI=1S/C15H20F2N2O/c1-10-6-12(3-5-18-10)15(20)19-4-2-11-7-13(16)9-14(17)8-11/h7-10,12,18H,2-6H2,1H3,(H,19,20). The Hall–Kier alpha value is -1.49. The van der Waals surface area contributed by atoms with Gasteiger partial charge in [-0.1, -0.05) is 0 Å². The number of halogens is 2. The van der Waals surface area contributed by atoms with E-state index in [9.17, 15) is 13.6 Å². The van der Waals surface area contributed by atoms with Crippen LogP contribution >= 0.6 is 0 Å². The highest BCUT2D eigenvalue weighted by Gasteiger charge is 2.24. The number of carbonyl (C=O) groups excluding carboxylic acids is 1. The Morgan fingerprint density at radius 3 is 2.70 bits per heavy atom. The molecule has 0 spiro atoms. The minimum atomic E-state index is -0.585. The molecule has 2 rings (SSSR count). The molecule has 1 aromatic rings. The van der Waals surface area contributed by atoms with Gasteiger partial charge in [-0.2, -0.15) is 0 Å². The molecule has 1 fully saturated rings. The summed E-state index contributed by atoms with van der Waals surface area (Å²) in [7, 11) is 0. The minimum absolute atomic E-state index is 0.0372. The number of hydrogen-bond acceptors (Lipinski definition) is 2. The second kappa shape index (κ2) is 6.79. The molecule has 1 aromatic carbocycles. The Balaban J connectivity index is 1.78. The van der Waals surface area contributed by atoms with Crippen molar-refractivity contribution in [2.45, 2.75) is 32.2 Å². The zero-order chi connectivity index (χ0) is 14.5. The predicted octanol–water partition coefficient (Wildman–Crippen LogP) is 2.01. The number of carbonyl (C=O) groups is 1. The molecule has 20 heavy (non-hydrogen) atoms. The van der Waals surface area contributed by atoms with Gasteiger partial charge in [0, 0.05) is 24.6 Å². The summed E-state index contributed by atoms with van der Waals surface area (Å²) < 4.78 is 26.0. The number of benzene rings is 1. The Labute approximate surface area is 117 Å². The minimum Gasteiger partial charge on any atom is -0.356 e. The van der Waals surface area contributed by atoms with Crippen LogP contribution in [0.25, 0.3) is 0 Å². The number of nitrogens with one attached hydrogen (secondary N) is 2. The molecule has 1 heterocycles. The third kappa shape index (κ3) is 4.27. The normalized spacial score (nSPS) is 22.6. The van der Waals surface area contributed by atoms with Crippen LogP contribution in [0.15, 0.2) is 18.2 Å². The second-order valence-electron chi connectivity index (χ2n) is 5.40. The molecule has 1 aliphatic rings. The molecule has 110 valence electrons. The molecule has 3 nitrogen and oxygen atoms in total. The van der Waals surface area contributed by atoms with Crippen molar-refractivity contribution in [3.63, 3.8) is 0 Å². The van der Waals surface area contributed by atoms with Crippen molar-refractivity contribution in [2.75, 3.05) is 13.1 Å². The zero-order valence-electron chi connectivity index (χ0n) is 11.6. The van der Waals surface area contributed by atoms with Crippen LogP contribution in [0.5, 0.6) is 0 Å². The third-order valence-electron chi connectivity index (χ3n) is 3.63. The lowest BCUT2D eigenvalue weighted by molar-refractivity contribution is -0.126. The zero-order valence-corrected chi connectivity index (χ0v) is 11.6.